The number of nitrogens with zero attached hydrogens (tertiary/aromatic N) is 2. The second kappa shape index (κ2) is 4.91. The molecule has 1 N–H and O–H groups in total. The molecule has 1 aromatic heterocycles. The Morgan fingerprint density at radius 3 is 2.47 bits per heavy atom. The summed E-state index contributed by atoms with van der Waals surface area (Å²) in [7, 11) is -4.24. The lowest BCUT2D eigenvalue weighted by Crippen LogP contribution is -2.31. The van der Waals surface area contributed by atoms with E-state index in [1.165, 1.54) is 6.20 Å². The molecule has 0 atom stereocenters. The van der Waals surface area contributed by atoms with E-state index in [9.17, 15) is 13.0 Å². The van der Waals surface area contributed by atoms with Crippen molar-refractivity contribution in [1.82, 2.24) is 4.98 Å². The molecule has 0 aromatic carbocycles. The molecule has 0 bridgehead atoms. The summed E-state index contributed by atoms with van der Waals surface area (Å²) in [6, 6.07) is 0. The van der Waals surface area contributed by atoms with Crippen molar-refractivity contribution in [3.05, 3.63) is 16.9 Å². The van der Waals surface area contributed by atoms with Gasteiger partial charge in [-0.2, -0.15) is 8.42 Å². The molecule has 17 heavy (non-hydrogen) atoms. The van der Waals surface area contributed by atoms with Crippen LogP contribution in [-0.4, -0.2) is 31.0 Å². The molecular weight excluding hydrogens is 308 g/mol. The minimum atomic E-state index is -4.24. The average molecular weight is 321 g/mol. The second-order valence-electron chi connectivity index (χ2n) is 3.99. The predicted octanol–water partition coefficient (Wildman–Crippen LogP) is 2.08. The second-order valence-corrected chi connectivity index (χ2v) is 6.24. The number of aromatic nitrogens is 1. The van der Waals surface area contributed by atoms with Crippen molar-refractivity contribution in [2.24, 2.45) is 0 Å². The van der Waals surface area contributed by atoms with Crippen molar-refractivity contribution >= 4 is 31.7 Å². The highest BCUT2D eigenvalue weighted by Crippen LogP contribution is 2.33. The summed E-state index contributed by atoms with van der Waals surface area (Å²) < 4.78 is 32.4. The van der Waals surface area contributed by atoms with Crippen LogP contribution >= 0.6 is 15.9 Å². The van der Waals surface area contributed by atoms with E-state index in [0.29, 0.717) is 10.2 Å². The van der Waals surface area contributed by atoms with Crippen molar-refractivity contribution in [3.8, 4) is 0 Å². The van der Waals surface area contributed by atoms with Crippen LogP contribution in [-0.2, 0) is 10.1 Å². The normalized spacial score (nSPS) is 17.2. The smallest absolute Gasteiger partial charge is 0.298 e. The first-order valence-electron chi connectivity index (χ1n) is 5.36. The van der Waals surface area contributed by atoms with Crippen LogP contribution in [0, 0.1) is 0 Å². The lowest BCUT2D eigenvalue weighted by molar-refractivity contribution is 0.481. The van der Waals surface area contributed by atoms with Gasteiger partial charge in [0.15, 0.2) is 0 Å². The molecule has 0 aliphatic carbocycles. The number of piperidine rings is 1. The monoisotopic (exact) mass is 320 g/mol. The third kappa shape index (κ3) is 2.78. The standard InChI is InChI=1S/C10H13BrN2O3S/c11-8-6-12-7-9(17(14,15)16)10(8)13-4-2-1-3-5-13/h6-7H,1-5H2,(H,14,15,16). The first-order chi connectivity index (χ1) is 8.00. The Kier molecular flexibility index (Phi) is 3.70. The number of halogens is 1. The highest BCUT2D eigenvalue weighted by Gasteiger charge is 2.24. The van der Waals surface area contributed by atoms with Gasteiger partial charge in [-0.25, -0.2) is 0 Å². The molecule has 2 rings (SSSR count). The summed E-state index contributed by atoms with van der Waals surface area (Å²) in [6.45, 7) is 1.59. The molecule has 5 nitrogen and oxygen atoms in total. The fraction of sp³-hybridized carbons (Fsp3) is 0.500. The fourth-order valence-corrected chi connectivity index (χ4v) is 3.41. The highest BCUT2D eigenvalue weighted by molar-refractivity contribution is 9.10. The van der Waals surface area contributed by atoms with E-state index >= 15 is 0 Å². The van der Waals surface area contributed by atoms with E-state index in [2.05, 4.69) is 20.9 Å². The fourth-order valence-electron chi connectivity index (χ4n) is 2.02. The molecule has 0 spiro atoms. The van der Waals surface area contributed by atoms with Crippen LogP contribution in [0.15, 0.2) is 21.8 Å². The summed E-state index contributed by atoms with van der Waals surface area (Å²) in [5.74, 6) is 0. The van der Waals surface area contributed by atoms with Gasteiger partial charge in [-0.3, -0.25) is 9.54 Å². The van der Waals surface area contributed by atoms with Gasteiger partial charge in [-0.15, -0.1) is 0 Å². The van der Waals surface area contributed by atoms with Gasteiger partial charge >= 0.3 is 0 Å². The zero-order valence-corrected chi connectivity index (χ0v) is 11.5. The van der Waals surface area contributed by atoms with Crippen LogP contribution in [0.2, 0.25) is 0 Å². The number of anilines is 1. The lowest BCUT2D eigenvalue weighted by Gasteiger charge is -2.30. The van der Waals surface area contributed by atoms with Gasteiger partial charge in [-0.05, 0) is 35.2 Å². The largest absolute Gasteiger partial charge is 0.369 e. The maximum Gasteiger partial charge on any atom is 0.298 e. The molecule has 1 aliphatic heterocycles. The van der Waals surface area contributed by atoms with Crippen LogP contribution in [0.3, 0.4) is 0 Å². The van der Waals surface area contributed by atoms with Gasteiger partial charge in [0.2, 0.25) is 0 Å². The molecule has 94 valence electrons. The van der Waals surface area contributed by atoms with Crippen molar-refractivity contribution in [2.75, 3.05) is 18.0 Å². The van der Waals surface area contributed by atoms with E-state index in [0.717, 1.165) is 32.4 Å². The van der Waals surface area contributed by atoms with Crippen molar-refractivity contribution in [3.63, 3.8) is 0 Å². The highest BCUT2D eigenvalue weighted by atomic mass is 79.9. The molecule has 1 aliphatic rings. The topological polar surface area (TPSA) is 70.5 Å². The summed E-state index contributed by atoms with van der Waals surface area (Å²) in [5.41, 5.74) is 0.516. The van der Waals surface area contributed by atoms with Crippen LogP contribution in [0.25, 0.3) is 0 Å². The Balaban J connectivity index is 2.50. The van der Waals surface area contributed by atoms with Crippen molar-refractivity contribution in [2.45, 2.75) is 24.2 Å². The average Bonchev–Trinajstić information content (AvgIpc) is 2.28. The Labute approximate surface area is 109 Å². The van der Waals surface area contributed by atoms with E-state index in [1.807, 2.05) is 4.90 Å². The van der Waals surface area contributed by atoms with Crippen LogP contribution in [0.5, 0.6) is 0 Å². The minimum Gasteiger partial charge on any atom is -0.369 e. The SMILES string of the molecule is O=S(=O)(O)c1cncc(Br)c1N1CCCCC1. The molecule has 1 aromatic rings. The Hall–Kier alpha value is -0.660. The van der Waals surface area contributed by atoms with Crippen molar-refractivity contribution in [1.29, 1.82) is 0 Å². The van der Waals surface area contributed by atoms with Crippen LogP contribution in [0.1, 0.15) is 19.3 Å². The minimum absolute atomic E-state index is 0.131. The Bertz CT molecular complexity index is 512. The van der Waals surface area contributed by atoms with E-state index in [1.54, 1.807) is 6.20 Å². The molecule has 0 unspecified atom stereocenters. The number of hydrogen-bond acceptors (Lipinski definition) is 4. The molecule has 2 heterocycles. The molecule has 1 fully saturated rings. The summed E-state index contributed by atoms with van der Waals surface area (Å²) in [5, 5.41) is 0. The third-order valence-corrected chi connectivity index (χ3v) is 4.22. The van der Waals surface area contributed by atoms with E-state index < -0.39 is 10.1 Å². The zero-order chi connectivity index (χ0) is 12.5. The van der Waals surface area contributed by atoms with Crippen LogP contribution < -0.4 is 4.90 Å². The number of hydrogen-bond donors (Lipinski definition) is 1. The first kappa shape index (κ1) is 12.8. The molecule has 0 radical (unpaired) electrons. The number of rotatable bonds is 2. The molecule has 7 heteroatoms. The Morgan fingerprint density at radius 2 is 1.88 bits per heavy atom. The maximum atomic E-state index is 11.3. The lowest BCUT2D eigenvalue weighted by atomic mass is 10.1. The van der Waals surface area contributed by atoms with Crippen molar-refractivity contribution < 1.29 is 13.0 Å². The van der Waals surface area contributed by atoms with E-state index in [4.69, 9.17) is 0 Å². The molecule has 0 amide bonds. The van der Waals surface area contributed by atoms with Gasteiger partial charge in [-0.1, -0.05) is 0 Å². The predicted molar refractivity (Wildman–Crippen MR) is 67.8 cm³/mol. The zero-order valence-electron chi connectivity index (χ0n) is 9.13. The molecule has 0 saturated carbocycles. The first-order valence-corrected chi connectivity index (χ1v) is 7.59. The number of pyridine rings is 1. The van der Waals surface area contributed by atoms with Gasteiger partial charge in [0, 0.05) is 19.3 Å². The quantitative estimate of drug-likeness (QED) is 0.845. The summed E-state index contributed by atoms with van der Waals surface area (Å²) in [6.07, 6.45) is 5.93. The van der Waals surface area contributed by atoms with Crippen LogP contribution in [0.4, 0.5) is 5.69 Å². The Morgan fingerprint density at radius 1 is 1.24 bits per heavy atom. The maximum absolute atomic E-state index is 11.3. The van der Waals surface area contributed by atoms with Gasteiger partial charge in [0.1, 0.15) is 4.90 Å². The summed E-state index contributed by atoms with van der Waals surface area (Å²) >= 11 is 3.30. The third-order valence-electron chi connectivity index (χ3n) is 2.79. The van der Waals surface area contributed by atoms with Gasteiger partial charge in [0.05, 0.1) is 16.4 Å². The van der Waals surface area contributed by atoms with Gasteiger partial charge < -0.3 is 4.90 Å². The molecule has 1 saturated heterocycles. The van der Waals surface area contributed by atoms with Gasteiger partial charge in [0.25, 0.3) is 10.1 Å². The molecular formula is C10H13BrN2O3S. The van der Waals surface area contributed by atoms with E-state index in [-0.39, 0.29) is 4.90 Å². The summed E-state index contributed by atoms with van der Waals surface area (Å²) in [4.78, 5) is 5.63.